The molecule has 0 unspecified atom stereocenters. The predicted octanol–water partition coefficient (Wildman–Crippen LogP) is 3.02. The van der Waals surface area contributed by atoms with Gasteiger partial charge in [0.2, 0.25) is 0 Å². The van der Waals surface area contributed by atoms with E-state index in [-0.39, 0.29) is 12.1 Å². The Morgan fingerprint density at radius 2 is 1.87 bits per heavy atom. The highest BCUT2D eigenvalue weighted by atomic mass is 16.3. The fourth-order valence-electron chi connectivity index (χ4n) is 5.29. The van der Waals surface area contributed by atoms with Gasteiger partial charge in [-0.15, -0.1) is 0 Å². The molecule has 0 spiro atoms. The van der Waals surface area contributed by atoms with E-state index in [1.807, 2.05) is 10.9 Å². The number of fused-ring (bicyclic) bond motifs is 1. The Labute approximate surface area is 139 Å². The molecule has 3 aliphatic rings. The van der Waals surface area contributed by atoms with Gasteiger partial charge in [0.25, 0.3) is 0 Å². The molecule has 3 fully saturated rings. The molecule has 4 atom stereocenters. The molecule has 4 heteroatoms. The number of rotatable bonds is 3. The number of nitrogens with zero attached hydrogens (tertiary/aromatic N) is 3. The average Bonchev–Trinajstić information content (AvgIpc) is 3.13. The lowest BCUT2D eigenvalue weighted by Crippen LogP contribution is -2.36. The van der Waals surface area contributed by atoms with E-state index in [2.05, 4.69) is 23.1 Å². The van der Waals surface area contributed by atoms with E-state index in [0.717, 1.165) is 24.7 Å². The molecule has 23 heavy (non-hydrogen) atoms. The maximum absolute atomic E-state index is 10.6. The van der Waals surface area contributed by atoms with Crippen molar-refractivity contribution in [1.82, 2.24) is 14.7 Å². The minimum atomic E-state index is -0.231. The maximum atomic E-state index is 10.6. The summed E-state index contributed by atoms with van der Waals surface area (Å²) in [4.78, 5) is 2.70. The SMILES string of the molecule is Cc1cnn([C@H]2C[C@H]3CN(CC4CCCCC4)C[C@H]3C[C@@H]2O)c1. The number of aliphatic hydroxyl groups excluding tert-OH is 1. The molecule has 0 aromatic carbocycles. The number of aliphatic hydroxyl groups is 1. The zero-order valence-electron chi connectivity index (χ0n) is 14.4. The Morgan fingerprint density at radius 1 is 1.13 bits per heavy atom. The molecule has 1 saturated heterocycles. The first-order chi connectivity index (χ1) is 11.2. The van der Waals surface area contributed by atoms with Crippen molar-refractivity contribution >= 4 is 0 Å². The molecule has 1 aliphatic heterocycles. The number of hydrogen-bond acceptors (Lipinski definition) is 3. The summed E-state index contributed by atoms with van der Waals surface area (Å²) in [6, 6.07) is 0.180. The summed E-state index contributed by atoms with van der Waals surface area (Å²) in [6.45, 7) is 5.82. The van der Waals surface area contributed by atoms with Gasteiger partial charge in [0.1, 0.15) is 0 Å². The largest absolute Gasteiger partial charge is 0.391 e. The van der Waals surface area contributed by atoms with Crippen LogP contribution in [0.4, 0.5) is 0 Å². The van der Waals surface area contributed by atoms with Crippen LogP contribution < -0.4 is 0 Å². The quantitative estimate of drug-likeness (QED) is 0.932. The lowest BCUT2D eigenvalue weighted by Gasteiger charge is -2.35. The smallest absolute Gasteiger partial charge is 0.0781 e. The highest BCUT2D eigenvalue weighted by Crippen LogP contribution is 2.41. The lowest BCUT2D eigenvalue weighted by molar-refractivity contribution is 0.0306. The van der Waals surface area contributed by atoms with Crippen LogP contribution in [0.3, 0.4) is 0 Å². The molecule has 2 saturated carbocycles. The summed E-state index contributed by atoms with van der Waals surface area (Å²) in [5.41, 5.74) is 1.18. The second-order valence-electron chi connectivity index (χ2n) is 8.35. The minimum absolute atomic E-state index is 0.180. The summed E-state index contributed by atoms with van der Waals surface area (Å²) in [5, 5.41) is 15.1. The molecular formula is C19H31N3O. The van der Waals surface area contributed by atoms with Gasteiger partial charge in [0.05, 0.1) is 18.3 Å². The van der Waals surface area contributed by atoms with Crippen LogP contribution in [0.25, 0.3) is 0 Å². The Balaban J connectivity index is 1.37. The Bertz CT molecular complexity index is 522. The van der Waals surface area contributed by atoms with E-state index in [0.29, 0.717) is 5.92 Å². The van der Waals surface area contributed by atoms with Crippen LogP contribution in [0.2, 0.25) is 0 Å². The van der Waals surface area contributed by atoms with Gasteiger partial charge in [0.15, 0.2) is 0 Å². The van der Waals surface area contributed by atoms with E-state index in [1.54, 1.807) is 0 Å². The van der Waals surface area contributed by atoms with Gasteiger partial charge in [-0.3, -0.25) is 4.68 Å². The van der Waals surface area contributed by atoms with Gasteiger partial charge < -0.3 is 10.0 Å². The van der Waals surface area contributed by atoms with Crippen LogP contribution in [0.1, 0.15) is 56.6 Å². The Morgan fingerprint density at radius 3 is 2.57 bits per heavy atom. The van der Waals surface area contributed by atoms with Gasteiger partial charge >= 0.3 is 0 Å². The van der Waals surface area contributed by atoms with Crippen LogP contribution in [0.15, 0.2) is 12.4 Å². The molecule has 128 valence electrons. The molecule has 1 aromatic rings. The van der Waals surface area contributed by atoms with Crippen molar-refractivity contribution in [2.75, 3.05) is 19.6 Å². The van der Waals surface area contributed by atoms with E-state index in [9.17, 15) is 5.11 Å². The molecule has 2 heterocycles. The summed E-state index contributed by atoms with van der Waals surface area (Å²) >= 11 is 0. The monoisotopic (exact) mass is 317 g/mol. The second kappa shape index (κ2) is 6.56. The van der Waals surface area contributed by atoms with E-state index < -0.39 is 0 Å². The van der Waals surface area contributed by atoms with Crippen molar-refractivity contribution < 1.29 is 5.11 Å². The fourth-order valence-corrected chi connectivity index (χ4v) is 5.29. The fraction of sp³-hybridized carbons (Fsp3) is 0.842. The maximum Gasteiger partial charge on any atom is 0.0781 e. The molecule has 0 radical (unpaired) electrons. The predicted molar refractivity (Wildman–Crippen MR) is 91.2 cm³/mol. The van der Waals surface area contributed by atoms with Gasteiger partial charge in [-0.2, -0.15) is 5.10 Å². The third kappa shape index (κ3) is 3.34. The lowest BCUT2D eigenvalue weighted by atomic mass is 9.77. The highest BCUT2D eigenvalue weighted by Gasteiger charge is 2.42. The van der Waals surface area contributed by atoms with E-state index in [4.69, 9.17) is 0 Å². The molecular weight excluding hydrogens is 286 g/mol. The second-order valence-corrected chi connectivity index (χ2v) is 8.35. The highest BCUT2D eigenvalue weighted by molar-refractivity contribution is 5.03. The minimum Gasteiger partial charge on any atom is -0.391 e. The molecule has 4 rings (SSSR count). The summed E-state index contributed by atoms with van der Waals surface area (Å²) < 4.78 is 2.01. The van der Waals surface area contributed by atoms with Gasteiger partial charge in [-0.05, 0) is 55.9 Å². The third-order valence-corrected chi connectivity index (χ3v) is 6.50. The van der Waals surface area contributed by atoms with Crippen molar-refractivity contribution in [1.29, 1.82) is 0 Å². The number of aromatic nitrogens is 2. The van der Waals surface area contributed by atoms with Crippen molar-refractivity contribution in [2.24, 2.45) is 17.8 Å². The molecule has 2 aliphatic carbocycles. The van der Waals surface area contributed by atoms with Crippen LogP contribution in [0, 0.1) is 24.7 Å². The van der Waals surface area contributed by atoms with Crippen LogP contribution >= 0.6 is 0 Å². The van der Waals surface area contributed by atoms with Gasteiger partial charge in [0, 0.05) is 25.8 Å². The zero-order chi connectivity index (χ0) is 15.8. The molecule has 1 N–H and O–H groups in total. The standard InChI is InChI=1S/C19H31N3O/c1-14-9-20-22(10-14)18-7-16-12-21(13-17(16)8-19(18)23)11-15-5-3-2-4-6-15/h9-10,15-19,23H,2-8,11-13H2,1H3/t16-,17+,18-,19-/m0/s1. The summed E-state index contributed by atoms with van der Waals surface area (Å²) in [5.74, 6) is 2.37. The van der Waals surface area contributed by atoms with Crippen molar-refractivity contribution in [3.05, 3.63) is 18.0 Å². The van der Waals surface area contributed by atoms with Crippen LogP contribution in [0.5, 0.6) is 0 Å². The van der Waals surface area contributed by atoms with Gasteiger partial charge in [-0.1, -0.05) is 19.3 Å². The van der Waals surface area contributed by atoms with Crippen LogP contribution in [-0.4, -0.2) is 45.5 Å². The number of aryl methyl sites for hydroxylation is 1. The van der Waals surface area contributed by atoms with Crippen LogP contribution in [-0.2, 0) is 0 Å². The van der Waals surface area contributed by atoms with Gasteiger partial charge in [-0.25, -0.2) is 0 Å². The molecule has 0 amide bonds. The third-order valence-electron chi connectivity index (χ3n) is 6.50. The first kappa shape index (κ1) is 15.6. The number of likely N-dealkylation sites (tertiary alicyclic amines) is 1. The topological polar surface area (TPSA) is 41.3 Å². The first-order valence-electron chi connectivity index (χ1n) is 9.60. The Hall–Kier alpha value is -0.870. The molecule has 0 bridgehead atoms. The number of hydrogen-bond donors (Lipinski definition) is 1. The molecule has 4 nitrogen and oxygen atoms in total. The average molecular weight is 317 g/mol. The van der Waals surface area contributed by atoms with Crippen molar-refractivity contribution in [3.63, 3.8) is 0 Å². The van der Waals surface area contributed by atoms with Crippen molar-refractivity contribution in [2.45, 2.75) is 64.0 Å². The zero-order valence-corrected chi connectivity index (χ0v) is 14.4. The van der Waals surface area contributed by atoms with E-state index >= 15 is 0 Å². The summed E-state index contributed by atoms with van der Waals surface area (Å²) in [7, 11) is 0. The first-order valence-corrected chi connectivity index (χ1v) is 9.60. The Kier molecular flexibility index (Phi) is 4.46. The molecule has 1 aromatic heterocycles. The van der Waals surface area contributed by atoms with E-state index in [1.165, 1.54) is 57.3 Å². The summed E-state index contributed by atoms with van der Waals surface area (Å²) in [6.07, 6.45) is 13.0. The normalized spacial score (nSPS) is 36.3. The van der Waals surface area contributed by atoms with Crippen molar-refractivity contribution in [3.8, 4) is 0 Å².